The number of carbonyl (C=O) groups excluding carboxylic acids is 1. The van der Waals surface area contributed by atoms with Crippen LogP contribution in [0.25, 0.3) is 0 Å². The molecule has 94 valence electrons. The summed E-state index contributed by atoms with van der Waals surface area (Å²) < 4.78 is 13.5. The molecule has 0 atom stereocenters. The Labute approximate surface area is 103 Å². The van der Waals surface area contributed by atoms with Crippen molar-refractivity contribution in [1.82, 2.24) is 5.32 Å². The Bertz CT molecular complexity index is 421. The first kappa shape index (κ1) is 13.9. The number of aliphatic hydroxyl groups is 2. The van der Waals surface area contributed by atoms with Crippen molar-refractivity contribution in [3.05, 3.63) is 34.6 Å². The van der Waals surface area contributed by atoms with Gasteiger partial charge in [-0.3, -0.25) is 4.79 Å². The minimum atomic E-state index is -1.20. The molecule has 0 spiro atoms. The molecular weight excluding hydrogens is 249 g/mol. The summed E-state index contributed by atoms with van der Waals surface area (Å²) in [5.74, 6) is -1.57. The van der Waals surface area contributed by atoms with Gasteiger partial charge in [0.05, 0.1) is 29.3 Å². The molecule has 3 N–H and O–H groups in total. The predicted octanol–water partition coefficient (Wildman–Crippen LogP) is 0.952. The van der Waals surface area contributed by atoms with Gasteiger partial charge >= 0.3 is 0 Å². The number of halogens is 2. The molecule has 0 bridgehead atoms. The van der Waals surface area contributed by atoms with Crippen molar-refractivity contribution < 1.29 is 19.4 Å². The van der Waals surface area contributed by atoms with Gasteiger partial charge in [0.2, 0.25) is 0 Å². The number of rotatable bonds is 4. The molecule has 0 aliphatic carbocycles. The van der Waals surface area contributed by atoms with E-state index < -0.39 is 30.5 Å². The summed E-state index contributed by atoms with van der Waals surface area (Å²) in [6.45, 7) is 0.516. The van der Waals surface area contributed by atoms with E-state index in [9.17, 15) is 9.18 Å². The number of hydrogen-bond acceptors (Lipinski definition) is 3. The third-order valence-electron chi connectivity index (χ3n) is 2.31. The Hall–Kier alpha value is -1.17. The van der Waals surface area contributed by atoms with Crippen LogP contribution in [0.3, 0.4) is 0 Å². The summed E-state index contributed by atoms with van der Waals surface area (Å²) in [6.07, 6.45) is 0. The third kappa shape index (κ3) is 3.15. The third-order valence-corrected chi connectivity index (χ3v) is 2.60. The van der Waals surface area contributed by atoms with E-state index in [2.05, 4.69) is 5.32 Å². The van der Waals surface area contributed by atoms with Gasteiger partial charge in [0, 0.05) is 0 Å². The second-order valence-electron chi connectivity index (χ2n) is 3.93. The number of benzene rings is 1. The Morgan fingerprint density at radius 3 is 2.59 bits per heavy atom. The smallest absolute Gasteiger partial charge is 0.254 e. The first-order chi connectivity index (χ1) is 7.93. The molecule has 0 unspecified atom stereocenters. The fraction of sp³-hybridized carbons (Fsp3) is 0.364. The van der Waals surface area contributed by atoms with Crippen LogP contribution in [-0.4, -0.2) is 34.9 Å². The molecule has 0 fully saturated rings. The van der Waals surface area contributed by atoms with Crippen molar-refractivity contribution in [2.75, 3.05) is 13.2 Å². The summed E-state index contributed by atoms with van der Waals surface area (Å²) in [7, 11) is 0. The van der Waals surface area contributed by atoms with Gasteiger partial charge in [-0.1, -0.05) is 17.7 Å². The second-order valence-corrected chi connectivity index (χ2v) is 4.34. The highest BCUT2D eigenvalue weighted by Gasteiger charge is 2.26. The normalized spacial score (nSPS) is 11.4. The van der Waals surface area contributed by atoms with Crippen LogP contribution in [0.2, 0.25) is 5.02 Å². The summed E-state index contributed by atoms with van der Waals surface area (Å²) in [5, 5.41) is 20.2. The number of hydrogen-bond donors (Lipinski definition) is 3. The van der Waals surface area contributed by atoms with Gasteiger partial charge in [0.15, 0.2) is 5.82 Å². The molecule has 0 saturated heterocycles. The molecule has 0 heterocycles. The van der Waals surface area contributed by atoms with Crippen LogP contribution in [0.5, 0.6) is 0 Å². The average molecular weight is 262 g/mol. The fourth-order valence-electron chi connectivity index (χ4n) is 1.15. The lowest BCUT2D eigenvalue weighted by atomic mass is 10.0. The lowest BCUT2D eigenvalue weighted by Crippen LogP contribution is -2.51. The van der Waals surface area contributed by atoms with E-state index in [1.54, 1.807) is 0 Å². The van der Waals surface area contributed by atoms with Crippen LogP contribution < -0.4 is 5.32 Å². The molecule has 1 rings (SSSR count). The van der Waals surface area contributed by atoms with Crippen LogP contribution in [-0.2, 0) is 0 Å². The molecule has 0 radical (unpaired) electrons. The second kappa shape index (κ2) is 5.44. The summed E-state index contributed by atoms with van der Waals surface area (Å²) in [5.41, 5.74) is -1.43. The zero-order chi connectivity index (χ0) is 13.1. The van der Waals surface area contributed by atoms with Crippen molar-refractivity contribution in [2.45, 2.75) is 12.5 Å². The van der Waals surface area contributed by atoms with Crippen LogP contribution in [0.15, 0.2) is 18.2 Å². The highest BCUT2D eigenvalue weighted by molar-refractivity contribution is 6.31. The molecule has 1 amide bonds. The number of amides is 1. The van der Waals surface area contributed by atoms with E-state index >= 15 is 0 Å². The highest BCUT2D eigenvalue weighted by Crippen LogP contribution is 2.18. The van der Waals surface area contributed by atoms with E-state index in [0.29, 0.717) is 0 Å². The van der Waals surface area contributed by atoms with E-state index in [1.807, 2.05) is 0 Å². The first-order valence-electron chi connectivity index (χ1n) is 4.92. The lowest BCUT2D eigenvalue weighted by molar-refractivity contribution is 0.0720. The standard InChI is InChI=1S/C11H13ClFNO3/c1-11(5-15,6-16)14-10(17)7-3-2-4-8(12)9(7)13/h2-4,15-16H,5-6H2,1H3,(H,14,17). The van der Waals surface area contributed by atoms with Crippen molar-refractivity contribution in [1.29, 1.82) is 0 Å². The maximum Gasteiger partial charge on any atom is 0.254 e. The summed E-state index contributed by atoms with van der Waals surface area (Å²) in [6, 6.07) is 4.03. The van der Waals surface area contributed by atoms with Gasteiger partial charge < -0.3 is 15.5 Å². The summed E-state index contributed by atoms with van der Waals surface area (Å²) >= 11 is 5.54. The topological polar surface area (TPSA) is 69.6 Å². The molecule has 0 aromatic heterocycles. The molecule has 0 aliphatic rings. The molecule has 0 aliphatic heterocycles. The van der Waals surface area contributed by atoms with Crippen LogP contribution in [0.1, 0.15) is 17.3 Å². The molecule has 0 saturated carbocycles. The van der Waals surface area contributed by atoms with Crippen molar-refractivity contribution in [3.8, 4) is 0 Å². The van der Waals surface area contributed by atoms with E-state index in [4.69, 9.17) is 21.8 Å². The van der Waals surface area contributed by atoms with Crippen molar-refractivity contribution in [3.63, 3.8) is 0 Å². The average Bonchev–Trinajstić information content (AvgIpc) is 2.32. The molecule has 1 aromatic carbocycles. The Morgan fingerprint density at radius 1 is 1.47 bits per heavy atom. The van der Waals surface area contributed by atoms with Gasteiger partial charge in [-0.15, -0.1) is 0 Å². The Kier molecular flexibility index (Phi) is 4.45. The Morgan fingerprint density at radius 2 is 2.06 bits per heavy atom. The minimum Gasteiger partial charge on any atom is -0.394 e. The lowest BCUT2D eigenvalue weighted by Gasteiger charge is -2.26. The van der Waals surface area contributed by atoms with Crippen molar-refractivity contribution >= 4 is 17.5 Å². The van der Waals surface area contributed by atoms with Gasteiger partial charge in [-0.25, -0.2) is 4.39 Å². The van der Waals surface area contributed by atoms with Gasteiger partial charge in [0.25, 0.3) is 5.91 Å². The zero-order valence-corrected chi connectivity index (χ0v) is 9.96. The molecule has 1 aromatic rings. The quantitative estimate of drug-likeness (QED) is 0.756. The van der Waals surface area contributed by atoms with Gasteiger partial charge in [-0.05, 0) is 19.1 Å². The van der Waals surface area contributed by atoms with Gasteiger partial charge in [-0.2, -0.15) is 0 Å². The van der Waals surface area contributed by atoms with E-state index in [0.717, 1.165) is 0 Å². The number of aliphatic hydroxyl groups excluding tert-OH is 2. The van der Waals surface area contributed by atoms with Crippen LogP contribution >= 0.6 is 11.6 Å². The SMILES string of the molecule is CC(CO)(CO)NC(=O)c1cccc(Cl)c1F. The minimum absolute atomic E-state index is 0.160. The highest BCUT2D eigenvalue weighted by atomic mass is 35.5. The maximum absolute atomic E-state index is 13.5. The first-order valence-corrected chi connectivity index (χ1v) is 5.29. The van der Waals surface area contributed by atoms with E-state index in [-0.39, 0.29) is 10.6 Å². The zero-order valence-electron chi connectivity index (χ0n) is 9.20. The monoisotopic (exact) mass is 261 g/mol. The number of nitrogens with one attached hydrogen (secondary N) is 1. The Balaban J connectivity index is 2.94. The molecular formula is C11H13ClFNO3. The van der Waals surface area contributed by atoms with E-state index in [1.165, 1.54) is 25.1 Å². The maximum atomic E-state index is 13.5. The van der Waals surface area contributed by atoms with Crippen LogP contribution in [0.4, 0.5) is 4.39 Å². The van der Waals surface area contributed by atoms with Gasteiger partial charge in [0.1, 0.15) is 0 Å². The molecule has 17 heavy (non-hydrogen) atoms. The largest absolute Gasteiger partial charge is 0.394 e. The molecule has 6 heteroatoms. The van der Waals surface area contributed by atoms with Crippen molar-refractivity contribution in [2.24, 2.45) is 0 Å². The summed E-state index contributed by atoms with van der Waals surface area (Å²) in [4.78, 5) is 11.7. The predicted molar refractivity (Wildman–Crippen MR) is 61.5 cm³/mol. The van der Waals surface area contributed by atoms with Crippen LogP contribution in [0, 0.1) is 5.82 Å². The fourth-order valence-corrected chi connectivity index (χ4v) is 1.32. The number of carbonyl (C=O) groups is 1. The molecule has 4 nitrogen and oxygen atoms in total.